The number of ether oxygens (including phenoxy) is 2. The molecule has 0 aromatic heterocycles. The third-order valence-corrected chi connectivity index (χ3v) is 8.19. The van der Waals surface area contributed by atoms with E-state index in [-0.39, 0.29) is 29.7 Å². The highest BCUT2D eigenvalue weighted by Gasteiger charge is 2.42. The summed E-state index contributed by atoms with van der Waals surface area (Å²) in [6.45, 7) is 1.22. The molecule has 0 N–H and O–H groups in total. The minimum atomic E-state index is -4.54. The van der Waals surface area contributed by atoms with E-state index in [2.05, 4.69) is 9.47 Å². The van der Waals surface area contributed by atoms with Gasteiger partial charge in [0.2, 0.25) is 0 Å². The van der Waals surface area contributed by atoms with E-state index in [4.69, 9.17) is 0 Å². The van der Waals surface area contributed by atoms with Gasteiger partial charge in [0.05, 0.1) is 12.2 Å². The smallest absolute Gasteiger partial charge is 0.429 e. The van der Waals surface area contributed by atoms with Crippen molar-refractivity contribution in [3.05, 3.63) is 148 Å². The molecule has 0 aliphatic rings. The molecule has 0 saturated heterocycles. The Bertz CT molecular complexity index is 2000. The summed E-state index contributed by atoms with van der Waals surface area (Å²) in [4.78, 5) is 0. The number of aryl methyl sites for hydroxylation is 1. The Kier molecular flexibility index (Phi) is 11.6. The monoisotopic (exact) mass is 738 g/mol. The van der Waals surface area contributed by atoms with Crippen molar-refractivity contribution in [3.63, 3.8) is 0 Å². The molecule has 5 aromatic carbocycles. The Balaban J connectivity index is 1.21. The molecule has 0 aliphatic heterocycles. The molecular weight excluding hydrogens is 709 g/mol. The average molecular weight is 739 g/mol. The van der Waals surface area contributed by atoms with E-state index in [1.807, 2.05) is 6.92 Å². The first kappa shape index (κ1) is 38.3. The molecule has 5 aromatic rings. The van der Waals surface area contributed by atoms with Gasteiger partial charge >= 0.3 is 12.2 Å². The second kappa shape index (κ2) is 15.8. The summed E-state index contributed by atoms with van der Waals surface area (Å²) in [7, 11) is 0. The van der Waals surface area contributed by atoms with Crippen LogP contribution in [0.15, 0.2) is 84.9 Å². The molecule has 0 unspecified atom stereocenters. The van der Waals surface area contributed by atoms with Crippen LogP contribution in [0.4, 0.5) is 48.3 Å². The van der Waals surface area contributed by atoms with Crippen molar-refractivity contribution in [3.8, 4) is 28.0 Å². The fourth-order valence-corrected chi connectivity index (χ4v) is 5.49. The molecule has 0 bridgehead atoms. The predicted molar refractivity (Wildman–Crippen MR) is 171 cm³/mol. The van der Waals surface area contributed by atoms with E-state index < -0.39 is 76.4 Å². The van der Waals surface area contributed by atoms with E-state index in [0.29, 0.717) is 47.2 Å². The Labute approximate surface area is 291 Å². The van der Waals surface area contributed by atoms with Crippen molar-refractivity contribution >= 4 is 0 Å². The van der Waals surface area contributed by atoms with Crippen LogP contribution in [0.2, 0.25) is 0 Å². The van der Waals surface area contributed by atoms with Crippen LogP contribution in [0.3, 0.4) is 0 Å². The lowest BCUT2D eigenvalue weighted by atomic mass is 9.98. The fraction of sp³-hybridized carbons (Fsp3) is 0.231. The van der Waals surface area contributed by atoms with Gasteiger partial charge < -0.3 is 9.47 Å². The van der Waals surface area contributed by atoms with Gasteiger partial charge in [0.15, 0.2) is 17.5 Å². The molecule has 2 nitrogen and oxygen atoms in total. The van der Waals surface area contributed by atoms with Crippen LogP contribution in [0.1, 0.15) is 48.4 Å². The van der Waals surface area contributed by atoms with Crippen molar-refractivity contribution in [2.75, 3.05) is 6.61 Å². The summed E-state index contributed by atoms with van der Waals surface area (Å²) >= 11 is 0. The summed E-state index contributed by atoms with van der Waals surface area (Å²) < 4.78 is 167. The summed E-state index contributed by atoms with van der Waals surface area (Å²) in [6, 6.07) is 14.3. The van der Waals surface area contributed by atoms with Crippen molar-refractivity contribution in [2.45, 2.75) is 51.2 Å². The zero-order valence-electron chi connectivity index (χ0n) is 27.3. The first-order valence-electron chi connectivity index (χ1n) is 16.0. The third-order valence-electron chi connectivity index (χ3n) is 8.19. The number of hydrogen-bond donors (Lipinski definition) is 0. The zero-order chi connectivity index (χ0) is 37.8. The van der Waals surface area contributed by atoms with Gasteiger partial charge in [-0.15, -0.1) is 0 Å². The maximum atomic E-state index is 14.8. The van der Waals surface area contributed by atoms with Crippen molar-refractivity contribution in [2.24, 2.45) is 0 Å². The van der Waals surface area contributed by atoms with E-state index in [1.54, 1.807) is 0 Å². The molecule has 0 fully saturated rings. The number of rotatable bonds is 14. The van der Waals surface area contributed by atoms with Crippen LogP contribution < -0.4 is 4.74 Å². The molecule has 5 rings (SSSR count). The second-order valence-corrected chi connectivity index (χ2v) is 11.9. The number of unbranched alkanes of at least 4 members (excludes halogenated alkanes) is 2. The van der Waals surface area contributed by atoms with Crippen LogP contribution in [0.5, 0.6) is 5.75 Å². The average Bonchev–Trinajstić information content (AvgIpc) is 3.06. The van der Waals surface area contributed by atoms with Crippen LogP contribution in [-0.2, 0) is 29.8 Å². The molecule has 0 spiro atoms. The number of hydrogen-bond acceptors (Lipinski definition) is 2. The molecule has 0 amide bonds. The molecule has 0 radical (unpaired) electrons. The largest absolute Gasteiger partial charge is 0.429 e. The van der Waals surface area contributed by atoms with Gasteiger partial charge in [-0.1, -0.05) is 62.2 Å². The first-order chi connectivity index (χ1) is 24.6. The Hall–Kier alpha value is -4.91. The van der Waals surface area contributed by atoms with Crippen LogP contribution in [0, 0.1) is 40.7 Å². The fourth-order valence-electron chi connectivity index (χ4n) is 5.49. The molecule has 52 heavy (non-hydrogen) atoms. The standard InChI is InChI=1S/C39H29F11O2/c1-2-3-4-5-23-8-13-29(31(41)16-23)38(47,48)52-27-20-32(42)36(33(43)21-27)39(49,50)51-15-14-22-6-9-24(10-7-22)25-11-12-28(30(40)17-25)26-18-34(44)37(46)35(45)19-26/h6-13,16-21H,2-5,14-15H2,1H3. The summed E-state index contributed by atoms with van der Waals surface area (Å²) in [5, 5.41) is 0. The lowest BCUT2D eigenvalue weighted by Crippen LogP contribution is -2.25. The van der Waals surface area contributed by atoms with E-state index in [1.165, 1.54) is 42.5 Å². The molecule has 274 valence electrons. The third kappa shape index (κ3) is 8.75. The molecule has 0 atom stereocenters. The van der Waals surface area contributed by atoms with Crippen LogP contribution >= 0.6 is 0 Å². The summed E-state index contributed by atoms with van der Waals surface area (Å²) in [5.74, 6) is -11.9. The lowest BCUT2D eigenvalue weighted by molar-refractivity contribution is -0.251. The maximum absolute atomic E-state index is 14.8. The van der Waals surface area contributed by atoms with Gasteiger partial charge in [0.1, 0.15) is 34.6 Å². The van der Waals surface area contributed by atoms with Crippen LogP contribution in [0.25, 0.3) is 22.3 Å². The van der Waals surface area contributed by atoms with Crippen molar-refractivity contribution in [1.29, 1.82) is 0 Å². The van der Waals surface area contributed by atoms with Gasteiger partial charge in [-0.3, -0.25) is 0 Å². The van der Waals surface area contributed by atoms with Gasteiger partial charge in [-0.05, 0) is 77.4 Å². The summed E-state index contributed by atoms with van der Waals surface area (Å²) in [5.41, 5.74) is -1.75. The Morgan fingerprint density at radius 3 is 1.71 bits per heavy atom. The molecular formula is C39H29F11O2. The second-order valence-electron chi connectivity index (χ2n) is 11.9. The van der Waals surface area contributed by atoms with Gasteiger partial charge in [-0.25, -0.2) is 30.7 Å². The highest BCUT2D eigenvalue weighted by atomic mass is 19.3. The highest BCUT2D eigenvalue weighted by Crippen LogP contribution is 2.39. The Morgan fingerprint density at radius 1 is 0.519 bits per heavy atom. The lowest BCUT2D eigenvalue weighted by Gasteiger charge is -2.22. The van der Waals surface area contributed by atoms with E-state index >= 15 is 0 Å². The molecule has 13 heteroatoms. The number of alkyl halides is 4. The van der Waals surface area contributed by atoms with Crippen LogP contribution in [-0.4, -0.2) is 6.61 Å². The summed E-state index contributed by atoms with van der Waals surface area (Å²) in [6.07, 6.45) is -6.19. The highest BCUT2D eigenvalue weighted by molar-refractivity contribution is 5.71. The van der Waals surface area contributed by atoms with Gasteiger partial charge in [0.25, 0.3) is 0 Å². The van der Waals surface area contributed by atoms with Crippen molar-refractivity contribution < 1.29 is 57.8 Å². The molecule has 0 aliphatic carbocycles. The minimum absolute atomic E-state index is 0.116. The van der Waals surface area contributed by atoms with Crippen molar-refractivity contribution in [1.82, 2.24) is 0 Å². The SMILES string of the molecule is CCCCCc1ccc(C(F)(F)Oc2cc(F)c(C(F)(F)OCCc3ccc(-c4ccc(-c5cc(F)c(F)c(F)c5)c(F)c4)cc3)c(F)c2)c(F)c1. The molecule has 0 saturated carbocycles. The quantitative estimate of drug-likeness (QED) is 0.0642. The van der Waals surface area contributed by atoms with E-state index in [9.17, 15) is 48.3 Å². The normalized spacial score (nSPS) is 12.0. The zero-order valence-corrected chi connectivity index (χ0v) is 27.3. The minimum Gasteiger partial charge on any atom is -0.429 e. The topological polar surface area (TPSA) is 18.5 Å². The number of halogens is 11. The van der Waals surface area contributed by atoms with Gasteiger partial charge in [-0.2, -0.15) is 17.6 Å². The van der Waals surface area contributed by atoms with Gasteiger partial charge in [0, 0.05) is 17.7 Å². The van der Waals surface area contributed by atoms with E-state index in [0.717, 1.165) is 31.0 Å². The molecule has 0 heterocycles. The predicted octanol–water partition coefficient (Wildman–Crippen LogP) is 12.2. The maximum Gasteiger partial charge on any atom is 0.429 e. The first-order valence-corrected chi connectivity index (χ1v) is 16.0. The Morgan fingerprint density at radius 2 is 1.12 bits per heavy atom. The number of benzene rings is 5.